The molecule has 3 aromatic rings. The van der Waals surface area contributed by atoms with Gasteiger partial charge in [-0.1, -0.05) is 78.4 Å². The monoisotopic (exact) mass is 542 g/mol. The SMILES string of the molecule is CO[C@H]1O[C@@H]2COC(c3ccccc3)O[C@H]2[C@@H](OS(=O)(=O)c2ccc(C)cc2)[C@@H]1SCc1ccccc1. The van der Waals surface area contributed by atoms with Crippen LogP contribution in [0.1, 0.15) is 23.0 Å². The molecular formula is C28H30O7S2. The Labute approximate surface area is 222 Å². The molecule has 196 valence electrons. The van der Waals surface area contributed by atoms with Crippen molar-refractivity contribution in [2.75, 3.05) is 13.7 Å². The van der Waals surface area contributed by atoms with Crippen LogP contribution in [0.25, 0.3) is 0 Å². The molecule has 0 saturated carbocycles. The highest BCUT2D eigenvalue weighted by atomic mass is 32.2. The van der Waals surface area contributed by atoms with Crippen molar-refractivity contribution in [1.29, 1.82) is 0 Å². The zero-order chi connectivity index (χ0) is 25.8. The molecule has 2 fully saturated rings. The van der Waals surface area contributed by atoms with Crippen LogP contribution >= 0.6 is 11.8 Å². The molecule has 1 unspecified atom stereocenters. The van der Waals surface area contributed by atoms with Crippen LogP contribution in [0.2, 0.25) is 0 Å². The highest BCUT2D eigenvalue weighted by Gasteiger charge is 2.52. The van der Waals surface area contributed by atoms with Gasteiger partial charge in [0, 0.05) is 18.4 Å². The molecule has 0 aromatic heterocycles. The average molecular weight is 543 g/mol. The molecule has 9 heteroatoms. The van der Waals surface area contributed by atoms with Crippen molar-refractivity contribution < 1.29 is 31.5 Å². The summed E-state index contributed by atoms with van der Waals surface area (Å²) in [4.78, 5) is 0.0913. The molecule has 7 nitrogen and oxygen atoms in total. The largest absolute Gasteiger partial charge is 0.355 e. The Bertz CT molecular complexity index is 1250. The molecule has 0 spiro atoms. The minimum atomic E-state index is -4.10. The third kappa shape index (κ3) is 6.09. The molecular weight excluding hydrogens is 512 g/mol. The third-order valence-corrected chi connectivity index (χ3v) is 9.12. The zero-order valence-corrected chi connectivity index (χ0v) is 22.3. The Morgan fingerprint density at radius 1 is 0.919 bits per heavy atom. The molecule has 0 aliphatic carbocycles. The number of methoxy groups -OCH3 is 1. The van der Waals surface area contributed by atoms with Gasteiger partial charge in [0.1, 0.15) is 18.3 Å². The predicted octanol–water partition coefficient (Wildman–Crippen LogP) is 4.86. The smallest absolute Gasteiger partial charge is 0.297 e. The number of aryl methyl sites for hydroxylation is 1. The van der Waals surface area contributed by atoms with E-state index in [-0.39, 0.29) is 11.5 Å². The summed E-state index contributed by atoms with van der Waals surface area (Å²) in [6.45, 7) is 2.12. The van der Waals surface area contributed by atoms with Crippen molar-refractivity contribution in [3.05, 3.63) is 102 Å². The van der Waals surface area contributed by atoms with E-state index >= 15 is 0 Å². The van der Waals surface area contributed by atoms with E-state index in [0.717, 1.165) is 16.7 Å². The van der Waals surface area contributed by atoms with Crippen molar-refractivity contribution in [1.82, 2.24) is 0 Å². The molecule has 6 atom stereocenters. The summed E-state index contributed by atoms with van der Waals surface area (Å²) in [6, 6.07) is 26.1. The molecule has 3 aromatic carbocycles. The second-order valence-corrected chi connectivity index (χ2v) is 11.8. The first-order valence-electron chi connectivity index (χ1n) is 12.1. The summed E-state index contributed by atoms with van der Waals surface area (Å²) >= 11 is 1.52. The minimum absolute atomic E-state index is 0.0913. The summed E-state index contributed by atoms with van der Waals surface area (Å²) in [5.74, 6) is 0.620. The lowest BCUT2D eigenvalue weighted by Gasteiger charge is -2.48. The Balaban J connectivity index is 1.47. The maximum absolute atomic E-state index is 13.5. The normalized spacial score (nSPS) is 27.9. The first-order chi connectivity index (χ1) is 17.9. The van der Waals surface area contributed by atoms with Crippen LogP contribution in [0.3, 0.4) is 0 Å². The minimum Gasteiger partial charge on any atom is -0.355 e. The standard InChI is InChI=1S/C28H30O7S2/c1-19-13-15-22(16-14-19)37(29,30)35-25-24-23(17-32-27(34-24)21-11-7-4-8-12-21)33-28(31-2)26(25)36-18-20-9-5-3-6-10-20/h3-16,23-28H,17-18H2,1-2H3/t23-,24-,25-,26+,27?,28+/m1/s1. The maximum Gasteiger partial charge on any atom is 0.297 e. The van der Waals surface area contributed by atoms with E-state index in [1.54, 1.807) is 31.4 Å². The van der Waals surface area contributed by atoms with E-state index in [1.165, 1.54) is 11.8 Å². The molecule has 2 aliphatic heterocycles. The van der Waals surface area contributed by atoms with Crippen LogP contribution in [0.4, 0.5) is 0 Å². The molecule has 0 N–H and O–H groups in total. The van der Waals surface area contributed by atoms with Crippen LogP contribution < -0.4 is 0 Å². The van der Waals surface area contributed by atoms with E-state index in [9.17, 15) is 8.42 Å². The molecule has 5 rings (SSSR count). The van der Waals surface area contributed by atoms with E-state index in [0.29, 0.717) is 5.75 Å². The van der Waals surface area contributed by atoms with E-state index in [4.69, 9.17) is 23.1 Å². The quantitative estimate of drug-likeness (QED) is 0.374. The van der Waals surface area contributed by atoms with Crippen molar-refractivity contribution in [3.63, 3.8) is 0 Å². The fraction of sp³-hybridized carbons (Fsp3) is 0.357. The highest BCUT2D eigenvalue weighted by Crippen LogP contribution is 2.41. The van der Waals surface area contributed by atoms with Crippen LogP contribution in [-0.2, 0) is 39.0 Å². The number of benzene rings is 3. The van der Waals surface area contributed by atoms with Gasteiger partial charge >= 0.3 is 0 Å². The average Bonchev–Trinajstić information content (AvgIpc) is 2.93. The first kappa shape index (κ1) is 26.4. The first-order valence-corrected chi connectivity index (χ1v) is 14.6. The molecule has 0 bridgehead atoms. The summed E-state index contributed by atoms with van der Waals surface area (Å²) in [7, 11) is -2.56. The molecule has 2 aliphatic rings. The van der Waals surface area contributed by atoms with Gasteiger partial charge in [-0.15, -0.1) is 11.8 Å². The number of thioether (sulfide) groups is 1. The fourth-order valence-corrected chi connectivity index (χ4v) is 6.96. The topological polar surface area (TPSA) is 80.3 Å². The highest BCUT2D eigenvalue weighted by molar-refractivity contribution is 7.99. The lowest BCUT2D eigenvalue weighted by molar-refractivity contribution is -0.329. The van der Waals surface area contributed by atoms with E-state index in [1.807, 2.05) is 67.6 Å². The van der Waals surface area contributed by atoms with Gasteiger partial charge in [0.2, 0.25) is 0 Å². The van der Waals surface area contributed by atoms with Crippen molar-refractivity contribution in [2.45, 2.75) is 53.7 Å². The van der Waals surface area contributed by atoms with Crippen LogP contribution in [-0.4, -0.2) is 52.0 Å². The molecule has 2 heterocycles. The second-order valence-electron chi connectivity index (χ2n) is 9.04. The van der Waals surface area contributed by atoms with Crippen molar-refractivity contribution in [2.24, 2.45) is 0 Å². The van der Waals surface area contributed by atoms with Gasteiger partial charge in [0.15, 0.2) is 12.6 Å². The number of hydrogen-bond acceptors (Lipinski definition) is 8. The predicted molar refractivity (Wildman–Crippen MR) is 140 cm³/mol. The van der Waals surface area contributed by atoms with Crippen molar-refractivity contribution in [3.8, 4) is 0 Å². The van der Waals surface area contributed by atoms with Gasteiger partial charge in [-0.05, 0) is 24.6 Å². The Morgan fingerprint density at radius 2 is 1.59 bits per heavy atom. The van der Waals surface area contributed by atoms with Crippen LogP contribution in [0.5, 0.6) is 0 Å². The molecule has 2 saturated heterocycles. The third-order valence-electron chi connectivity index (χ3n) is 6.42. The van der Waals surface area contributed by atoms with Gasteiger partial charge in [0.25, 0.3) is 10.1 Å². The number of ether oxygens (including phenoxy) is 4. The number of fused-ring (bicyclic) bond motifs is 1. The zero-order valence-electron chi connectivity index (χ0n) is 20.6. The summed E-state index contributed by atoms with van der Waals surface area (Å²) < 4.78 is 57.1. The van der Waals surface area contributed by atoms with Crippen molar-refractivity contribution >= 4 is 21.9 Å². The Kier molecular flexibility index (Phi) is 8.31. The fourth-order valence-electron chi connectivity index (χ4n) is 4.47. The number of hydrogen-bond donors (Lipinski definition) is 0. The molecule has 0 radical (unpaired) electrons. The van der Waals surface area contributed by atoms with Gasteiger partial charge in [-0.2, -0.15) is 8.42 Å². The maximum atomic E-state index is 13.5. The second kappa shape index (κ2) is 11.7. The molecule has 37 heavy (non-hydrogen) atoms. The van der Waals surface area contributed by atoms with Gasteiger partial charge in [-0.25, -0.2) is 0 Å². The van der Waals surface area contributed by atoms with Gasteiger partial charge in [0.05, 0.1) is 16.8 Å². The summed E-state index contributed by atoms with van der Waals surface area (Å²) in [5, 5.41) is -0.485. The Morgan fingerprint density at radius 3 is 2.27 bits per heavy atom. The van der Waals surface area contributed by atoms with E-state index in [2.05, 4.69) is 0 Å². The van der Waals surface area contributed by atoms with Gasteiger partial charge < -0.3 is 18.9 Å². The summed E-state index contributed by atoms with van der Waals surface area (Å²) in [6.07, 6.45) is -3.51. The lowest BCUT2D eigenvalue weighted by atomic mass is 9.99. The summed E-state index contributed by atoms with van der Waals surface area (Å²) in [5.41, 5.74) is 2.89. The molecule has 0 amide bonds. The van der Waals surface area contributed by atoms with Crippen LogP contribution in [0.15, 0.2) is 89.8 Å². The van der Waals surface area contributed by atoms with E-state index < -0.39 is 46.3 Å². The van der Waals surface area contributed by atoms with Gasteiger partial charge in [-0.3, -0.25) is 4.18 Å². The number of rotatable bonds is 8. The van der Waals surface area contributed by atoms with Crippen LogP contribution in [0, 0.1) is 6.92 Å². The Hall–Kier alpha value is -2.24. The lowest BCUT2D eigenvalue weighted by Crippen LogP contribution is -2.62.